The van der Waals surface area contributed by atoms with Gasteiger partial charge in [0.25, 0.3) is 0 Å². The summed E-state index contributed by atoms with van der Waals surface area (Å²) in [5.74, 6) is 0.0115. The van der Waals surface area contributed by atoms with Gasteiger partial charge in [-0.1, -0.05) is 18.2 Å². The summed E-state index contributed by atoms with van der Waals surface area (Å²) in [6.07, 6.45) is 0.680. The average Bonchev–Trinajstić information content (AvgIpc) is 2.70. The van der Waals surface area contributed by atoms with E-state index in [1.807, 2.05) is 30.3 Å². The first-order valence-electron chi connectivity index (χ1n) is 6.63. The molecule has 3 rings (SSSR count). The third-order valence-corrected chi connectivity index (χ3v) is 3.74. The second-order valence-electron chi connectivity index (χ2n) is 5.03. The topological polar surface area (TPSA) is 61.4 Å². The standard InChI is InChI=1S/C14H17N3O2.ClH/c18-13(10-8-15-9-10)16-12-6-7-17(14(12)19)11-4-2-1-3-5-11;/h1-5,10,12,15H,6-9H2,(H,16,18);1H. The van der Waals surface area contributed by atoms with Crippen molar-refractivity contribution in [2.45, 2.75) is 12.5 Å². The molecule has 2 aliphatic heterocycles. The summed E-state index contributed by atoms with van der Waals surface area (Å²) in [4.78, 5) is 25.9. The molecule has 2 fully saturated rings. The van der Waals surface area contributed by atoms with E-state index in [4.69, 9.17) is 0 Å². The number of halogens is 1. The molecule has 0 spiro atoms. The van der Waals surface area contributed by atoms with E-state index in [1.54, 1.807) is 4.90 Å². The van der Waals surface area contributed by atoms with Crippen LogP contribution in [0.5, 0.6) is 0 Å². The summed E-state index contributed by atoms with van der Waals surface area (Å²) in [6.45, 7) is 2.10. The van der Waals surface area contributed by atoms with Crippen LogP contribution in [0, 0.1) is 5.92 Å². The number of hydrogen-bond acceptors (Lipinski definition) is 3. The lowest BCUT2D eigenvalue weighted by molar-refractivity contribution is -0.130. The highest BCUT2D eigenvalue weighted by Gasteiger charge is 2.35. The van der Waals surface area contributed by atoms with Crippen LogP contribution in [-0.2, 0) is 9.59 Å². The number of carbonyl (C=O) groups is 2. The minimum Gasteiger partial charge on any atom is -0.344 e. The number of amides is 2. The second kappa shape index (κ2) is 6.24. The van der Waals surface area contributed by atoms with Gasteiger partial charge in [0.15, 0.2) is 0 Å². The van der Waals surface area contributed by atoms with E-state index in [2.05, 4.69) is 10.6 Å². The maximum absolute atomic E-state index is 12.3. The van der Waals surface area contributed by atoms with Crippen molar-refractivity contribution in [1.29, 1.82) is 0 Å². The summed E-state index contributed by atoms with van der Waals surface area (Å²) in [7, 11) is 0. The van der Waals surface area contributed by atoms with Crippen LogP contribution in [0.15, 0.2) is 30.3 Å². The maximum atomic E-state index is 12.3. The Balaban J connectivity index is 0.00000147. The summed E-state index contributed by atoms with van der Waals surface area (Å²) in [5, 5.41) is 5.92. The fourth-order valence-corrected chi connectivity index (χ4v) is 2.44. The Bertz CT molecular complexity index is 490. The number of rotatable bonds is 3. The largest absolute Gasteiger partial charge is 0.344 e. The van der Waals surface area contributed by atoms with Crippen LogP contribution < -0.4 is 15.5 Å². The molecule has 2 aliphatic rings. The number of carbonyl (C=O) groups excluding carboxylic acids is 2. The van der Waals surface area contributed by atoms with Crippen LogP contribution in [-0.4, -0.2) is 37.5 Å². The second-order valence-corrected chi connectivity index (χ2v) is 5.03. The van der Waals surface area contributed by atoms with Crippen molar-refractivity contribution in [1.82, 2.24) is 10.6 Å². The van der Waals surface area contributed by atoms with Crippen LogP contribution in [0.3, 0.4) is 0 Å². The maximum Gasteiger partial charge on any atom is 0.249 e. The summed E-state index contributed by atoms with van der Waals surface area (Å²) in [6, 6.07) is 9.21. The van der Waals surface area contributed by atoms with Crippen molar-refractivity contribution in [3.63, 3.8) is 0 Å². The molecule has 2 heterocycles. The van der Waals surface area contributed by atoms with Gasteiger partial charge >= 0.3 is 0 Å². The van der Waals surface area contributed by atoms with Gasteiger partial charge in [0.1, 0.15) is 6.04 Å². The highest BCUT2D eigenvalue weighted by molar-refractivity contribution is 6.01. The first kappa shape index (κ1) is 14.8. The van der Waals surface area contributed by atoms with Crippen molar-refractivity contribution in [2.75, 3.05) is 24.5 Å². The Morgan fingerprint density at radius 3 is 2.55 bits per heavy atom. The Morgan fingerprint density at radius 1 is 1.25 bits per heavy atom. The molecule has 0 aliphatic carbocycles. The van der Waals surface area contributed by atoms with E-state index in [9.17, 15) is 9.59 Å². The van der Waals surface area contributed by atoms with E-state index in [-0.39, 0.29) is 36.2 Å². The number of para-hydroxylation sites is 1. The molecule has 108 valence electrons. The Hall–Kier alpha value is -1.59. The molecule has 5 nitrogen and oxygen atoms in total. The molecule has 0 aromatic heterocycles. The van der Waals surface area contributed by atoms with Gasteiger partial charge in [-0.25, -0.2) is 0 Å². The number of hydrogen-bond donors (Lipinski definition) is 2. The van der Waals surface area contributed by atoms with Gasteiger partial charge in [0.05, 0.1) is 5.92 Å². The van der Waals surface area contributed by atoms with Crippen LogP contribution >= 0.6 is 12.4 Å². The number of benzene rings is 1. The number of nitrogens with zero attached hydrogens (tertiary/aromatic N) is 1. The van der Waals surface area contributed by atoms with Crippen molar-refractivity contribution >= 4 is 29.9 Å². The quantitative estimate of drug-likeness (QED) is 0.856. The Morgan fingerprint density at radius 2 is 1.95 bits per heavy atom. The van der Waals surface area contributed by atoms with Gasteiger partial charge in [-0.3, -0.25) is 9.59 Å². The zero-order valence-electron chi connectivity index (χ0n) is 11.0. The SMILES string of the molecule is Cl.O=C(NC1CCN(c2ccccc2)C1=O)C1CNC1. The lowest BCUT2D eigenvalue weighted by Gasteiger charge is -2.27. The minimum atomic E-state index is -0.367. The van der Waals surface area contributed by atoms with E-state index < -0.39 is 0 Å². The van der Waals surface area contributed by atoms with Crippen molar-refractivity contribution in [3.05, 3.63) is 30.3 Å². The molecule has 2 N–H and O–H groups in total. The molecule has 6 heteroatoms. The fraction of sp³-hybridized carbons (Fsp3) is 0.429. The van der Waals surface area contributed by atoms with Crippen molar-refractivity contribution < 1.29 is 9.59 Å². The zero-order valence-corrected chi connectivity index (χ0v) is 11.9. The van der Waals surface area contributed by atoms with Crippen LogP contribution in [0.1, 0.15) is 6.42 Å². The van der Waals surface area contributed by atoms with Gasteiger partial charge < -0.3 is 15.5 Å². The summed E-state index contributed by atoms with van der Waals surface area (Å²) in [5.41, 5.74) is 0.898. The highest BCUT2D eigenvalue weighted by atomic mass is 35.5. The Kier molecular flexibility index (Phi) is 4.62. The third-order valence-electron chi connectivity index (χ3n) is 3.74. The molecule has 1 aromatic carbocycles. The molecule has 1 unspecified atom stereocenters. The van der Waals surface area contributed by atoms with E-state index in [1.165, 1.54) is 0 Å². The average molecular weight is 296 g/mol. The molecule has 0 bridgehead atoms. The highest BCUT2D eigenvalue weighted by Crippen LogP contribution is 2.21. The lowest BCUT2D eigenvalue weighted by atomic mass is 10.0. The zero-order chi connectivity index (χ0) is 13.2. The molecule has 2 saturated heterocycles. The molecule has 2 amide bonds. The van der Waals surface area contributed by atoms with Gasteiger partial charge in [-0.2, -0.15) is 0 Å². The summed E-state index contributed by atoms with van der Waals surface area (Å²) < 4.78 is 0. The summed E-state index contributed by atoms with van der Waals surface area (Å²) >= 11 is 0. The number of anilines is 1. The molecule has 1 aromatic rings. The Labute approximate surface area is 124 Å². The molecule has 20 heavy (non-hydrogen) atoms. The molecule has 0 saturated carbocycles. The predicted molar refractivity (Wildman–Crippen MR) is 79.0 cm³/mol. The lowest BCUT2D eigenvalue weighted by Crippen LogP contribution is -2.54. The van der Waals surface area contributed by atoms with Gasteiger partial charge in [-0.15, -0.1) is 12.4 Å². The van der Waals surface area contributed by atoms with Gasteiger partial charge in [-0.05, 0) is 18.6 Å². The van der Waals surface area contributed by atoms with Crippen LogP contribution in [0.25, 0.3) is 0 Å². The third kappa shape index (κ3) is 2.78. The molecule has 1 atom stereocenters. The minimum absolute atomic E-state index is 0. The normalized spacial score (nSPS) is 22.1. The molecular formula is C14H18ClN3O2. The monoisotopic (exact) mass is 295 g/mol. The van der Waals surface area contributed by atoms with Gasteiger partial charge in [0.2, 0.25) is 11.8 Å². The van der Waals surface area contributed by atoms with Gasteiger partial charge in [0, 0.05) is 25.3 Å². The van der Waals surface area contributed by atoms with E-state index >= 15 is 0 Å². The smallest absolute Gasteiger partial charge is 0.249 e. The van der Waals surface area contributed by atoms with Crippen LogP contribution in [0.2, 0.25) is 0 Å². The first-order chi connectivity index (χ1) is 9.25. The molecule has 0 radical (unpaired) electrons. The van der Waals surface area contributed by atoms with Crippen molar-refractivity contribution in [3.8, 4) is 0 Å². The first-order valence-corrected chi connectivity index (χ1v) is 6.63. The van der Waals surface area contributed by atoms with E-state index in [0.717, 1.165) is 18.8 Å². The van der Waals surface area contributed by atoms with Crippen molar-refractivity contribution in [2.24, 2.45) is 5.92 Å². The van der Waals surface area contributed by atoms with E-state index in [0.29, 0.717) is 13.0 Å². The molecular weight excluding hydrogens is 278 g/mol. The fourth-order valence-electron chi connectivity index (χ4n) is 2.44. The predicted octanol–water partition coefficient (Wildman–Crippen LogP) is 0.549. The van der Waals surface area contributed by atoms with Crippen LogP contribution in [0.4, 0.5) is 5.69 Å². The number of nitrogens with one attached hydrogen (secondary N) is 2.